The molecule has 0 unspecified atom stereocenters. The van der Waals surface area contributed by atoms with Gasteiger partial charge in [-0.2, -0.15) is 0 Å². The van der Waals surface area contributed by atoms with Gasteiger partial charge in [0, 0.05) is 19.2 Å². The molecule has 0 aliphatic carbocycles. The first-order valence-corrected chi connectivity index (χ1v) is 5.47. The number of carbonyl (C=O) groups excluding carboxylic acids is 1. The van der Waals surface area contributed by atoms with E-state index in [2.05, 4.69) is 0 Å². The molecule has 1 saturated heterocycles. The summed E-state index contributed by atoms with van der Waals surface area (Å²) in [7, 11) is 0. The highest BCUT2D eigenvalue weighted by atomic mass is 19.1. The van der Waals surface area contributed by atoms with Crippen LogP contribution in [0.4, 0.5) is 4.39 Å². The first-order chi connectivity index (χ1) is 7.77. The molecular formula is C12H14FNO2. The maximum Gasteiger partial charge on any atom is 0.282 e. The fourth-order valence-electron chi connectivity index (χ4n) is 1.81. The van der Waals surface area contributed by atoms with E-state index < -0.39 is 11.7 Å². The Kier molecular flexibility index (Phi) is 3.39. The molecule has 1 amide bonds. The Balaban J connectivity index is 2.03. The van der Waals surface area contributed by atoms with E-state index >= 15 is 0 Å². The maximum atomic E-state index is 13.6. The minimum Gasteiger partial charge on any atom is -0.465 e. The lowest BCUT2D eigenvalue weighted by molar-refractivity contribution is -0.129. The molecule has 0 aromatic carbocycles. The minimum absolute atomic E-state index is 0.364. The summed E-state index contributed by atoms with van der Waals surface area (Å²) in [5, 5.41) is 0. The first-order valence-electron chi connectivity index (χ1n) is 5.47. The van der Waals surface area contributed by atoms with Crippen LogP contribution in [0, 0.1) is 0 Å². The molecule has 0 radical (unpaired) electrons. The number of likely N-dealkylation sites (tertiary alicyclic amines) is 1. The van der Waals surface area contributed by atoms with Gasteiger partial charge in [0.15, 0.2) is 5.83 Å². The van der Waals surface area contributed by atoms with Gasteiger partial charge >= 0.3 is 0 Å². The van der Waals surface area contributed by atoms with E-state index in [9.17, 15) is 9.18 Å². The van der Waals surface area contributed by atoms with Crippen molar-refractivity contribution in [3.05, 3.63) is 30.0 Å². The highest BCUT2D eigenvalue weighted by molar-refractivity contribution is 5.95. The monoisotopic (exact) mass is 223 g/mol. The van der Waals surface area contributed by atoms with Gasteiger partial charge in [0.1, 0.15) is 5.76 Å². The number of hydrogen-bond acceptors (Lipinski definition) is 2. The zero-order valence-electron chi connectivity index (χ0n) is 8.99. The Bertz CT molecular complexity index is 378. The average Bonchev–Trinajstić information content (AvgIpc) is 2.82. The van der Waals surface area contributed by atoms with Crippen LogP contribution in [0.1, 0.15) is 25.0 Å². The van der Waals surface area contributed by atoms with Gasteiger partial charge in [0.05, 0.1) is 6.26 Å². The summed E-state index contributed by atoms with van der Waals surface area (Å²) in [5.74, 6) is -0.921. The molecule has 0 atom stereocenters. The van der Waals surface area contributed by atoms with Crippen LogP contribution in [0.5, 0.6) is 0 Å². The lowest BCUT2D eigenvalue weighted by Crippen LogP contribution is -2.35. The number of hydrogen-bond donors (Lipinski definition) is 0. The third-order valence-electron chi connectivity index (χ3n) is 2.66. The van der Waals surface area contributed by atoms with Crippen LogP contribution >= 0.6 is 0 Å². The van der Waals surface area contributed by atoms with Crippen molar-refractivity contribution in [2.24, 2.45) is 0 Å². The van der Waals surface area contributed by atoms with E-state index in [0.717, 1.165) is 25.3 Å². The fraction of sp³-hybridized carbons (Fsp3) is 0.417. The molecule has 4 heteroatoms. The van der Waals surface area contributed by atoms with Crippen LogP contribution < -0.4 is 0 Å². The van der Waals surface area contributed by atoms with Gasteiger partial charge in [-0.05, 0) is 31.4 Å². The largest absolute Gasteiger partial charge is 0.465 e. The van der Waals surface area contributed by atoms with Crippen molar-refractivity contribution in [1.82, 2.24) is 4.90 Å². The van der Waals surface area contributed by atoms with Crippen molar-refractivity contribution in [3.63, 3.8) is 0 Å². The van der Waals surface area contributed by atoms with E-state index in [1.54, 1.807) is 17.0 Å². The number of furan rings is 1. The number of amides is 1. The van der Waals surface area contributed by atoms with Crippen LogP contribution in [-0.2, 0) is 4.79 Å². The second-order valence-electron chi connectivity index (χ2n) is 3.86. The molecule has 86 valence electrons. The van der Waals surface area contributed by atoms with Gasteiger partial charge in [-0.3, -0.25) is 4.79 Å². The molecular weight excluding hydrogens is 209 g/mol. The topological polar surface area (TPSA) is 33.5 Å². The highest BCUT2D eigenvalue weighted by Gasteiger charge is 2.20. The van der Waals surface area contributed by atoms with Gasteiger partial charge in [0.2, 0.25) is 0 Å². The maximum absolute atomic E-state index is 13.6. The van der Waals surface area contributed by atoms with Crippen molar-refractivity contribution < 1.29 is 13.6 Å². The number of piperidine rings is 1. The van der Waals surface area contributed by atoms with E-state index in [1.165, 1.54) is 6.26 Å². The molecule has 0 saturated carbocycles. The van der Waals surface area contributed by atoms with E-state index in [4.69, 9.17) is 4.42 Å². The molecule has 16 heavy (non-hydrogen) atoms. The van der Waals surface area contributed by atoms with Crippen LogP contribution in [0.2, 0.25) is 0 Å². The van der Waals surface area contributed by atoms with Crippen LogP contribution in [0.3, 0.4) is 0 Å². The van der Waals surface area contributed by atoms with Crippen LogP contribution in [0.15, 0.2) is 28.6 Å². The van der Waals surface area contributed by atoms with Crippen molar-refractivity contribution in [3.8, 4) is 0 Å². The van der Waals surface area contributed by atoms with Crippen LogP contribution in [-0.4, -0.2) is 23.9 Å². The molecule has 3 nitrogen and oxygen atoms in total. The molecule has 0 spiro atoms. The van der Waals surface area contributed by atoms with Crippen molar-refractivity contribution in [1.29, 1.82) is 0 Å². The summed E-state index contributed by atoms with van der Waals surface area (Å²) in [6.45, 7) is 1.30. The lowest BCUT2D eigenvalue weighted by atomic mass is 10.1. The molecule has 0 N–H and O–H groups in total. The summed E-state index contributed by atoms with van der Waals surface area (Å²) in [4.78, 5) is 13.2. The summed E-state index contributed by atoms with van der Waals surface area (Å²) in [5.41, 5.74) is 0. The zero-order chi connectivity index (χ0) is 11.4. The number of halogens is 1. The standard InChI is InChI=1S/C12H14FNO2/c13-11(9-10-5-4-8-16-10)12(15)14-6-2-1-3-7-14/h4-5,8-9H,1-3,6-7H2/b11-9-. The summed E-state index contributed by atoms with van der Waals surface area (Å²) in [6.07, 6.45) is 5.62. The predicted molar refractivity (Wildman–Crippen MR) is 58.2 cm³/mol. The van der Waals surface area contributed by atoms with Gasteiger partial charge in [0.25, 0.3) is 5.91 Å². The highest BCUT2D eigenvalue weighted by Crippen LogP contribution is 2.15. The van der Waals surface area contributed by atoms with Gasteiger partial charge in [-0.1, -0.05) is 0 Å². The van der Waals surface area contributed by atoms with Crippen molar-refractivity contribution in [2.45, 2.75) is 19.3 Å². The van der Waals surface area contributed by atoms with Gasteiger partial charge < -0.3 is 9.32 Å². The smallest absolute Gasteiger partial charge is 0.282 e. The Hall–Kier alpha value is -1.58. The SMILES string of the molecule is O=C(/C(F)=C/c1ccco1)N1CCCCC1. The number of carbonyl (C=O) groups is 1. The molecule has 2 rings (SSSR count). The Morgan fingerprint density at radius 1 is 1.38 bits per heavy atom. The normalized spacial score (nSPS) is 17.6. The average molecular weight is 223 g/mol. The van der Waals surface area contributed by atoms with Crippen LogP contribution in [0.25, 0.3) is 6.08 Å². The minimum atomic E-state index is -0.753. The molecule has 2 heterocycles. The molecule has 1 aromatic rings. The number of rotatable bonds is 2. The molecule has 1 aliphatic rings. The second kappa shape index (κ2) is 4.96. The van der Waals surface area contributed by atoms with Crippen molar-refractivity contribution >= 4 is 12.0 Å². The fourth-order valence-corrected chi connectivity index (χ4v) is 1.81. The second-order valence-corrected chi connectivity index (χ2v) is 3.86. The molecule has 1 fully saturated rings. The quantitative estimate of drug-likeness (QED) is 0.722. The zero-order valence-corrected chi connectivity index (χ0v) is 8.99. The first kappa shape index (κ1) is 10.9. The molecule has 1 aliphatic heterocycles. The Morgan fingerprint density at radius 2 is 2.12 bits per heavy atom. The van der Waals surface area contributed by atoms with E-state index in [0.29, 0.717) is 18.8 Å². The van der Waals surface area contributed by atoms with Gasteiger partial charge in [-0.15, -0.1) is 0 Å². The summed E-state index contributed by atoms with van der Waals surface area (Å²) >= 11 is 0. The third-order valence-corrected chi connectivity index (χ3v) is 2.66. The number of nitrogens with zero attached hydrogens (tertiary/aromatic N) is 1. The molecule has 1 aromatic heterocycles. The van der Waals surface area contributed by atoms with Crippen molar-refractivity contribution in [2.75, 3.05) is 13.1 Å². The third kappa shape index (κ3) is 2.51. The summed E-state index contributed by atoms with van der Waals surface area (Å²) < 4.78 is 18.5. The molecule has 0 bridgehead atoms. The predicted octanol–water partition coefficient (Wildman–Crippen LogP) is 2.60. The van der Waals surface area contributed by atoms with Gasteiger partial charge in [-0.25, -0.2) is 4.39 Å². The summed E-state index contributed by atoms with van der Waals surface area (Å²) in [6, 6.07) is 3.27. The lowest BCUT2D eigenvalue weighted by Gasteiger charge is -2.25. The van der Waals surface area contributed by atoms with E-state index in [-0.39, 0.29) is 0 Å². The Labute approximate surface area is 93.5 Å². The Morgan fingerprint density at radius 3 is 2.75 bits per heavy atom. The van der Waals surface area contributed by atoms with E-state index in [1.807, 2.05) is 0 Å².